The molecule has 0 saturated carbocycles. The molecule has 8 heteroatoms. The SMILES string of the molecule is O=S(=O)([O-])CCCSC1(c2ccccc2)NC=CS1.[Na+]. The van der Waals surface area contributed by atoms with E-state index in [2.05, 4.69) is 5.32 Å². The minimum absolute atomic E-state index is 0. The Labute approximate surface area is 150 Å². The summed E-state index contributed by atoms with van der Waals surface area (Å²) in [6, 6.07) is 9.97. The zero-order chi connectivity index (χ0) is 13.8. The van der Waals surface area contributed by atoms with Gasteiger partial charge in [0.15, 0.2) is 4.20 Å². The van der Waals surface area contributed by atoms with Gasteiger partial charge < -0.3 is 9.87 Å². The van der Waals surface area contributed by atoms with Gasteiger partial charge in [-0.05, 0) is 23.1 Å². The topological polar surface area (TPSA) is 69.2 Å². The van der Waals surface area contributed by atoms with Gasteiger partial charge in [-0.2, -0.15) is 0 Å². The first kappa shape index (κ1) is 18.4. The summed E-state index contributed by atoms with van der Waals surface area (Å²) in [4.78, 5) is 0. The minimum Gasteiger partial charge on any atom is -0.748 e. The van der Waals surface area contributed by atoms with Gasteiger partial charge >= 0.3 is 29.6 Å². The van der Waals surface area contributed by atoms with Crippen molar-refractivity contribution in [2.24, 2.45) is 0 Å². The second-order valence-corrected chi connectivity index (χ2v) is 8.22. The van der Waals surface area contributed by atoms with Crippen LogP contribution < -0.4 is 34.9 Å². The van der Waals surface area contributed by atoms with Crippen molar-refractivity contribution in [3.8, 4) is 0 Å². The van der Waals surface area contributed by atoms with Crippen molar-refractivity contribution in [3.63, 3.8) is 0 Å². The Morgan fingerprint density at radius 1 is 1.30 bits per heavy atom. The molecule has 1 heterocycles. The van der Waals surface area contributed by atoms with Gasteiger partial charge in [-0.25, -0.2) is 8.42 Å². The second-order valence-electron chi connectivity index (χ2n) is 4.01. The third-order valence-electron chi connectivity index (χ3n) is 2.57. The standard InChI is InChI=1S/C12H15NO3S3.Na/c14-19(15,16)10-4-8-17-12(13-7-9-18-12)11-5-2-1-3-6-11;/h1-3,5-7,9,13H,4,8,10H2,(H,14,15,16);/q;+1/p-1. The molecule has 1 N–H and O–H groups in total. The zero-order valence-corrected chi connectivity index (χ0v) is 15.6. The Hall–Kier alpha value is 0.370. The number of thioether (sulfide) groups is 2. The van der Waals surface area contributed by atoms with Crippen LogP contribution in [0.2, 0.25) is 0 Å². The summed E-state index contributed by atoms with van der Waals surface area (Å²) >= 11 is 3.26. The zero-order valence-electron chi connectivity index (χ0n) is 11.1. The van der Waals surface area contributed by atoms with E-state index in [4.69, 9.17) is 0 Å². The van der Waals surface area contributed by atoms with Crippen LogP contribution in [0.15, 0.2) is 41.9 Å². The Morgan fingerprint density at radius 3 is 2.55 bits per heavy atom. The molecule has 1 unspecified atom stereocenters. The monoisotopic (exact) mass is 339 g/mol. The minimum atomic E-state index is -4.11. The average Bonchev–Trinajstić information content (AvgIpc) is 2.85. The molecule has 4 nitrogen and oxygen atoms in total. The van der Waals surface area contributed by atoms with E-state index in [1.54, 1.807) is 23.5 Å². The predicted molar refractivity (Wildman–Crippen MR) is 79.6 cm³/mol. The summed E-state index contributed by atoms with van der Waals surface area (Å²) in [6.07, 6.45) is 2.25. The van der Waals surface area contributed by atoms with Crippen LogP contribution in [-0.4, -0.2) is 24.5 Å². The second kappa shape index (κ2) is 8.12. The molecule has 0 saturated heterocycles. The maximum Gasteiger partial charge on any atom is 1.00 e. The Morgan fingerprint density at radius 2 is 2.00 bits per heavy atom. The molecular weight excluding hydrogens is 325 g/mol. The summed E-state index contributed by atoms with van der Waals surface area (Å²) in [5, 5.41) is 5.28. The largest absolute Gasteiger partial charge is 1.00 e. The molecule has 0 aliphatic carbocycles. The average molecular weight is 339 g/mol. The van der Waals surface area contributed by atoms with Crippen molar-refractivity contribution >= 4 is 33.6 Å². The summed E-state index contributed by atoms with van der Waals surface area (Å²) in [6.45, 7) is 0. The third-order valence-corrected chi connectivity index (χ3v) is 6.21. The van der Waals surface area contributed by atoms with Crippen molar-refractivity contribution in [3.05, 3.63) is 47.5 Å². The van der Waals surface area contributed by atoms with E-state index in [9.17, 15) is 13.0 Å². The molecule has 104 valence electrons. The van der Waals surface area contributed by atoms with Crippen LogP contribution in [0, 0.1) is 0 Å². The van der Waals surface area contributed by atoms with Gasteiger partial charge in [-0.3, -0.25) is 0 Å². The van der Waals surface area contributed by atoms with Gasteiger partial charge in [-0.15, -0.1) is 11.8 Å². The fourth-order valence-electron chi connectivity index (χ4n) is 1.73. The van der Waals surface area contributed by atoms with E-state index in [0.717, 1.165) is 5.56 Å². The number of hydrogen-bond acceptors (Lipinski definition) is 6. The normalized spacial score (nSPS) is 21.2. The molecule has 1 aliphatic rings. The van der Waals surface area contributed by atoms with Crippen LogP contribution in [0.4, 0.5) is 0 Å². The quantitative estimate of drug-likeness (QED) is 0.419. The van der Waals surface area contributed by atoms with Crippen LogP contribution in [0.5, 0.6) is 0 Å². The van der Waals surface area contributed by atoms with Crippen molar-refractivity contribution in [2.75, 3.05) is 11.5 Å². The van der Waals surface area contributed by atoms with Crippen LogP contribution in [-0.2, 0) is 14.3 Å². The Balaban J connectivity index is 0.00000200. The van der Waals surface area contributed by atoms with Gasteiger partial charge in [0.25, 0.3) is 0 Å². The molecule has 1 aromatic rings. The van der Waals surface area contributed by atoms with Crippen LogP contribution in [0.1, 0.15) is 12.0 Å². The first-order valence-electron chi connectivity index (χ1n) is 5.75. The van der Waals surface area contributed by atoms with Gasteiger partial charge in [-0.1, -0.05) is 42.1 Å². The fourth-order valence-corrected chi connectivity index (χ4v) is 4.86. The smallest absolute Gasteiger partial charge is 0.748 e. The van der Waals surface area contributed by atoms with E-state index in [0.29, 0.717) is 12.2 Å². The van der Waals surface area contributed by atoms with Crippen LogP contribution in [0.25, 0.3) is 0 Å². The number of rotatable bonds is 6. The molecule has 2 rings (SSSR count). The van der Waals surface area contributed by atoms with Crippen molar-refractivity contribution < 1.29 is 42.5 Å². The summed E-state index contributed by atoms with van der Waals surface area (Å²) < 4.78 is 31.4. The van der Waals surface area contributed by atoms with E-state index in [1.165, 1.54) is 0 Å². The molecule has 1 atom stereocenters. The van der Waals surface area contributed by atoms with Gasteiger partial charge in [0, 0.05) is 12.0 Å². The molecule has 0 radical (unpaired) electrons. The Kier molecular flexibility index (Phi) is 7.48. The molecule has 0 amide bonds. The third kappa shape index (κ3) is 5.29. The summed E-state index contributed by atoms with van der Waals surface area (Å²) in [5.41, 5.74) is 1.12. The van der Waals surface area contributed by atoms with Crippen molar-refractivity contribution in [1.82, 2.24) is 5.32 Å². The van der Waals surface area contributed by atoms with Gasteiger partial charge in [0.1, 0.15) is 0 Å². The maximum atomic E-state index is 10.6. The van der Waals surface area contributed by atoms with E-state index < -0.39 is 10.1 Å². The molecule has 1 aliphatic heterocycles. The number of benzene rings is 1. The molecule has 0 spiro atoms. The maximum absolute atomic E-state index is 10.6. The molecular formula is C12H14NNaO3S3. The Bertz CT molecular complexity index is 540. The first-order valence-corrected chi connectivity index (χ1v) is 9.20. The molecule has 0 fully saturated rings. The van der Waals surface area contributed by atoms with Crippen LogP contribution in [0.3, 0.4) is 0 Å². The fraction of sp³-hybridized carbons (Fsp3) is 0.333. The number of nitrogens with one attached hydrogen (secondary N) is 1. The molecule has 20 heavy (non-hydrogen) atoms. The molecule has 1 aromatic carbocycles. The van der Waals surface area contributed by atoms with Gasteiger partial charge in [0.05, 0.1) is 10.1 Å². The summed E-state index contributed by atoms with van der Waals surface area (Å²) in [5.74, 6) is 0.307. The van der Waals surface area contributed by atoms with E-state index in [1.807, 2.05) is 41.9 Å². The molecule has 0 aromatic heterocycles. The molecule has 0 bridgehead atoms. The van der Waals surface area contributed by atoms with E-state index in [-0.39, 0.29) is 39.5 Å². The summed E-state index contributed by atoms with van der Waals surface area (Å²) in [7, 11) is -4.11. The van der Waals surface area contributed by atoms with Crippen LogP contribution >= 0.6 is 23.5 Å². The van der Waals surface area contributed by atoms with Gasteiger partial charge in [0.2, 0.25) is 0 Å². The van der Waals surface area contributed by atoms with Crippen molar-refractivity contribution in [2.45, 2.75) is 10.6 Å². The first-order chi connectivity index (χ1) is 9.02. The predicted octanol–water partition coefficient (Wildman–Crippen LogP) is -0.723. The van der Waals surface area contributed by atoms with Crippen molar-refractivity contribution in [1.29, 1.82) is 0 Å². The number of hydrogen-bond donors (Lipinski definition) is 1. The van der Waals surface area contributed by atoms with E-state index >= 15 is 0 Å².